The molecule has 5 nitrogen and oxygen atoms in total. The molecule has 0 spiro atoms. The normalized spacial score (nSPS) is 13.1. The Morgan fingerprint density at radius 3 is 2.42 bits per heavy atom. The van der Waals surface area contributed by atoms with Crippen molar-refractivity contribution in [3.63, 3.8) is 0 Å². The molecule has 0 amide bonds. The van der Waals surface area contributed by atoms with Gasteiger partial charge in [0.15, 0.2) is 0 Å². The summed E-state index contributed by atoms with van der Waals surface area (Å²) >= 11 is 0. The number of hydrogen-bond donors (Lipinski definition) is 0. The first-order valence-electron chi connectivity index (χ1n) is 7.09. The Morgan fingerprint density at radius 2 is 1.84 bits per heavy atom. The number of rotatable bonds is 10. The molecule has 0 saturated carbocycles. The molecule has 0 heterocycles. The fraction of sp³-hybridized carbons (Fsp3) is 0.929. The van der Waals surface area contributed by atoms with Crippen molar-refractivity contribution in [3.8, 4) is 0 Å². The lowest BCUT2D eigenvalue weighted by molar-refractivity contribution is -0.408. The molecule has 19 heavy (non-hydrogen) atoms. The van der Waals surface area contributed by atoms with Crippen LogP contribution in [0.25, 0.3) is 0 Å². The summed E-state index contributed by atoms with van der Waals surface area (Å²) in [4.78, 5) is 21.5. The zero-order valence-corrected chi connectivity index (χ0v) is 12.9. The van der Waals surface area contributed by atoms with E-state index in [2.05, 4.69) is 6.92 Å². The molecule has 1 unspecified atom stereocenters. The summed E-state index contributed by atoms with van der Waals surface area (Å²) in [5.41, 5.74) is -0.401. The van der Waals surface area contributed by atoms with Gasteiger partial charge in [-0.1, -0.05) is 33.1 Å². The van der Waals surface area contributed by atoms with E-state index in [1.165, 1.54) is 0 Å². The fourth-order valence-corrected chi connectivity index (χ4v) is 1.13. The van der Waals surface area contributed by atoms with Crippen LogP contribution in [0.15, 0.2) is 0 Å². The molecule has 0 aromatic heterocycles. The number of unbranched alkanes of at least 4 members (excludes halogenated alkanes) is 3. The summed E-state index contributed by atoms with van der Waals surface area (Å²) in [6, 6.07) is 0. The lowest BCUT2D eigenvalue weighted by atomic mass is 10.1. The Kier molecular flexibility index (Phi) is 9.61. The molecule has 0 N–H and O–H groups in total. The smallest absolute Gasteiger partial charge is 0.434 e. The largest absolute Gasteiger partial charge is 0.510 e. The van der Waals surface area contributed by atoms with Crippen LogP contribution in [0.4, 0.5) is 4.79 Å². The first-order chi connectivity index (χ1) is 8.91. The van der Waals surface area contributed by atoms with Crippen molar-refractivity contribution in [2.45, 2.75) is 78.6 Å². The van der Waals surface area contributed by atoms with Gasteiger partial charge in [-0.15, -0.1) is 0 Å². The number of hydrogen-bond acceptors (Lipinski definition) is 5. The van der Waals surface area contributed by atoms with Crippen molar-refractivity contribution in [2.75, 3.05) is 6.61 Å². The lowest BCUT2D eigenvalue weighted by Crippen LogP contribution is -2.28. The van der Waals surface area contributed by atoms with Crippen LogP contribution in [0.2, 0.25) is 0 Å². The Hall–Kier alpha value is -0.810. The number of carbonyl (C=O) groups is 1. The van der Waals surface area contributed by atoms with E-state index in [0.717, 1.165) is 32.1 Å². The second-order valence-electron chi connectivity index (χ2n) is 5.14. The highest BCUT2D eigenvalue weighted by Gasteiger charge is 2.20. The van der Waals surface area contributed by atoms with Crippen molar-refractivity contribution >= 4 is 6.16 Å². The standard InChI is InChI=1S/C14H28O5/c1-6-8-9-10-11-16-13(15)17-12(3)18-19-14(4,5)7-2/h12H,6-11H2,1-5H3. The predicted octanol–water partition coefficient (Wildman–Crippen LogP) is 4.20. The van der Waals surface area contributed by atoms with Gasteiger partial charge in [0.25, 0.3) is 0 Å². The van der Waals surface area contributed by atoms with Crippen molar-refractivity contribution in [1.29, 1.82) is 0 Å². The molecule has 0 radical (unpaired) electrons. The third-order valence-corrected chi connectivity index (χ3v) is 2.74. The van der Waals surface area contributed by atoms with Gasteiger partial charge in [0.05, 0.1) is 12.2 Å². The van der Waals surface area contributed by atoms with Crippen LogP contribution in [0.5, 0.6) is 0 Å². The highest BCUT2D eigenvalue weighted by atomic mass is 17.2. The SMILES string of the molecule is CCCCCCOC(=O)OC(C)OOC(C)(C)CC. The van der Waals surface area contributed by atoms with Gasteiger partial charge in [0.2, 0.25) is 6.29 Å². The van der Waals surface area contributed by atoms with Gasteiger partial charge < -0.3 is 9.47 Å². The summed E-state index contributed by atoms with van der Waals surface area (Å²) in [5.74, 6) is 0. The summed E-state index contributed by atoms with van der Waals surface area (Å²) in [5, 5.41) is 0. The second-order valence-corrected chi connectivity index (χ2v) is 5.14. The van der Waals surface area contributed by atoms with Gasteiger partial charge in [0.1, 0.15) is 0 Å². The molecule has 0 aliphatic carbocycles. The molecular weight excluding hydrogens is 248 g/mol. The molecule has 114 valence electrons. The molecule has 0 aliphatic rings. The highest BCUT2D eigenvalue weighted by molar-refractivity contribution is 5.59. The maximum absolute atomic E-state index is 11.3. The first kappa shape index (κ1) is 18.2. The van der Waals surface area contributed by atoms with Crippen molar-refractivity contribution in [2.24, 2.45) is 0 Å². The summed E-state index contributed by atoms with van der Waals surface area (Å²) < 4.78 is 9.81. The van der Waals surface area contributed by atoms with Gasteiger partial charge in [-0.05, 0) is 26.7 Å². The monoisotopic (exact) mass is 276 g/mol. The zero-order valence-electron chi connectivity index (χ0n) is 12.9. The average Bonchev–Trinajstić information content (AvgIpc) is 2.36. The van der Waals surface area contributed by atoms with Crippen LogP contribution < -0.4 is 0 Å². The molecule has 0 aliphatic heterocycles. The second kappa shape index (κ2) is 10.0. The maximum atomic E-state index is 11.3. The fourth-order valence-electron chi connectivity index (χ4n) is 1.13. The van der Waals surface area contributed by atoms with E-state index in [9.17, 15) is 4.79 Å². The van der Waals surface area contributed by atoms with Crippen LogP contribution in [0.1, 0.15) is 66.7 Å². The van der Waals surface area contributed by atoms with Crippen molar-refractivity contribution in [1.82, 2.24) is 0 Å². The van der Waals surface area contributed by atoms with Gasteiger partial charge in [0, 0.05) is 6.92 Å². The van der Waals surface area contributed by atoms with E-state index in [1.807, 2.05) is 20.8 Å². The minimum Gasteiger partial charge on any atom is -0.434 e. The van der Waals surface area contributed by atoms with Crippen LogP contribution in [0, 0.1) is 0 Å². The predicted molar refractivity (Wildman–Crippen MR) is 72.6 cm³/mol. The van der Waals surface area contributed by atoms with E-state index >= 15 is 0 Å². The third-order valence-electron chi connectivity index (χ3n) is 2.74. The van der Waals surface area contributed by atoms with Gasteiger partial charge in [-0.2, -0.15) is 4.89 Å². The summed E-state index contributed by atoms with van der Waals surface area (Å²) in [7, 11) is 0. The summed E-state index contributed by atoms with van der Waals surface area (Å²) in [6.45, 7) is 9.87. The molecule has 0 bridgehead atoms. The van der Waals surface area contributed by atoms with E-state index in [4.69, 9.17) is 19.2 Å². The molecule has 0 aromatic carbocycles. The van der Waals surface area contributed by atoms with E-state index < -0.39 is 18.0 Å². The van der Waals surface area contributed by atoms with E-state index in [-0.39, 0.29) is 0 Å². The van der Waals surface area contributed by atoms with Crippen LogP contribution in [-0.4, -0.2) is 24.7 Å². The molecular formula is C14H28O5. The lowest BCUT2D eigenvalue weighted by Gasteiger charge is -2.23. The zero-order chi connectivity index (χ0) is 14.7. The summed E-state index contributed by atoms with van der Waals surface area (Å²) in [6.07, 6.45) is 3.51. The van der Waals surface area contributed by atoms with E-state index in [0.29, 0.717) is 6.61 Å². The Labute approximate surface area is 116 Å². The van der Waals surface area contributed by atoms with Gasteiger partial charge in [-0.25, -0.2) is 9.68 Å². The van der Waals surface area contributed by atoms with Gasteiger partial charge in [-0.3, -0.25) is 0 Å². The Morgan fingerprint density at radius 1 is 1.16 bits per heavy atom. The average molecular weight is 276 g/mol. The minimum atomic E-state index is -0.783. The molecule has 0 aromatic rings. The van der Waals surface area contributed by atoms with Crippen LogP contribution in [-0.2, 0) is 19.2 Å². The number of carbonyl (C=O) groups excluding carboxylic acids is 1. The van der Waals surface area contributed by atoms with Crippen LogP contribution >= 0.6 is 0 Å². The Bertz CT molecular complexity index is 240. The molecule has 0 fully saturated rings. The van der Waals surface area contributed by atoms with Gasteiger partial charge >= 0.3 is 6.16 Å². The quantitative estimate of drug-likeness (QED) is 0.197. The highest BCUT2D eigenvalue weighted by Crippen LogP contribution is 2.15. The molecule has 5 heteroatoms. The molecule has 1 atom stereocenters. The van der Waals surface area contributed by atoms with E-state index in [1.54, 1.807) is 6.92 Å². The molecule has 0 rings (SSSR count). The first-order valence-corrected chi connectivity index (χ1v) is 7.09. The number of ether oxygens (including phenoxy) is 2. The topological polar surface area (TPSA) is 54.0 Å². The minimum absolute atomic E-state index is 0.382. The van der Waals surface area contributed by atoms with Crippen molar-refractivity contribution < 1.29 is 24.0 Å². The maximum Gasteiger partial charge on any atom is 0.510 e. The van der Waals surface area contributed by atoms with Crippen molar-refractivity contribution in [3.05, 3.63) is 0 Å². The third kappa shape index (κ3) is 10.8. The molecule has 0 saturated heterocycles. The Balaban J connectivity index is 3.63. The van der Waals surface area contributed by atoms with Crippen LogP contribution in [0.3, 0.4) is 0 Å².